The first-order chi connectivity index (χ1) is 16.6. The van der Waals surface area contributed by atoms with E-state index in [1.165, 1.54) is 5.56 Å². The molecule has 1 fully saturated rings. The van der Waals surface area contributed by atoms with Crippen LogP contribution in [0.3, 0.4) is 0 Å². The van der Waals surface area contributed by atoms with Gasteiger partial charge in [0.05, 0.1) is 24.8 Å². The van der Waals surface area contributed by atoms with Gasteiger partial charge in [0.25, 0.3) is 0 Å². The molecule has 0 aliphatic carbocycles. The number of amides is 1. The highest BCUT2D eigenvalue weighted by Crippen LogP contribution is 2.34. The second-order valence-corrected chi connectivity index (χ2v) is 8.73. The quantitative estimate of drug-likeness (QED) is 0.337. The minimum atomic E-state index is 0.0316. The van der Waals surface area contributed by atoms with Crippen molar-refractivity contribution in [3.63, 3.8) is 0 Å². The van der Waals surface area contributed by atoms with Gasteiger partial charge in [0.15, 0.2) is 0 Å². The van der Waals surface area contributed by atoms with Gasteiger partial charge in [-0.2, -0.15) is 0 Å². The third-order valence-electron chi connectivity index (χ3n) is 6.36. The molecule has 0 spiro atoms. The summed E-state index contributed by atoms with van der Waals surface area (Å²) in [7, 11) is 1.64. The molecule has 3 aromatic carbocycles. The topological polar surface area (TPSA) is 56.6 Å². The Bertz CT molecular complexity index is 1300. The molecule has 1 aliphatic heterocycles. The summed E-state index contributed by atoms with van der Waals surface area (Å²) in [6.45, 7) is 4.08. The number of carbonyl (C=O) groups excluding carboxylic acids is 1. The van der Waals surface area contributed by atoms with Crippen LogP contribution in [-0.2, 0) is 11.3 Å². The number of methoxy groups -OCH3 is 1. The number of aryl methyl sites for hydroxylation is 2. The first-order valence-corrected chi connectivity index (χ1v) is 11.7. The summed E-state index contributed by atoms with van der Waals surface area (Å²) in [6, 6.07) is 24.0. The normalized spacial score (nSPS) is 15.8. The van der Waals surface area contributed by atoms with Gasteiger partial charge in [0, 0.05) is 37.2 Å². The Kier molecular flexibility index (Phi) is 6.21. The molecular weight excluding hydrogens is 426 g/mol. The molecule has 34 heavy (non-hydrogen) atoms. The van der Waals surface area contributed by atoms with Crippen LogP contribution in [0.5, 0.6) is 11.5 Å². The summed E-state index contributed by atoms with van der Waals surface area (Å²) < 4.78 is 13.6. The first-order valence-electron chi connectivity index (χ1n) is 11.7. The van der Waals surface area contributed by atoms with Gasteiger partial charge in [-0.05, 0) is 49.7 Å². The van der Waals surface area contributed by atoms with E-state index in [0.29, 0.717) is 19.6 Å². The highest BCUT2D eigenvalue weighted by molar-refractivity contribution is 5.96. The average Bonchev–Trinajstić information content (AvgIpc) is 3.43. The Labute approximate surface area is 199 Å². The van der Waals surface area contributed by atoms with Crippen LogP contribution < -0.4 is 14.4 Å². The monoisotopic (exact) mass is 455 g/mol. The zero-order valence-corrected chi connectivity index (χ0v) is 19.6. The van der Waals surface area contributed by atoms with Crippen LogP contribution in [0.4, 0.5) is 5.69 Å². The van der Waals surface area contributed by atoms with Crippen molar-refractivity contribution in [1.29, 1.82) is 0 Å². The predicted molar refractivity (Wildman–Crippen MR) is 134 cm³/mol. The number of hydrogen-bond donors (Lipinski definition) is 0. The molecule has 0 saturated carbocycles. The van der Waals surface area contributed by atoms with Gasteiger partial charge in [-0.15, -0.1) is 0 Å². The highest BCUT2D eigenvalue weighted by atomic mass is 16.5. The minimum Gasteiger partial charge on any atom is -0.497 e. The number of carbonyl (C=O) groups is 1. The summed E-state index contributed by atoms with van der Waals surface area (Å²) in [5.74, 6) is 2.74. The maximum atomic E-state index is 13.0. The summed E-state index contributed by atoms with van der Waals surface area (Å²) in [5.41, 5.74) is 4.14. The number of anilines is 1. The standard InChI is InChI=1S/C28H29N3O3/c1-20-11-13-23(14-12-20)34-16-6-15-30-26-10-4-3-9-25(26)29-28(30)21-17-27(32)31(19-21)22-7-5-8-24(18-22)33-2/h3-5,7-14,18,21H,6,15-17,19H2,1-2H3/t21-/m1/s1. The SMILES string of the molecule is COc1cccc(N2C[C@H](c3nc4ccccc4n3CCCOc3ccc(C)cc3)CC2=O)c1. The Morgan fingerprint density at radius 1 is 1.00 bits per heavy atom. The molecule has 6 nitrogen and oxygen atoms in total. The second-order valence-electron chi connectivity index (χ2n) is 8.73. The van der Waals surface area contributed by atoms with Gasteiger partial charge < -0.3 is 18.9 Å². The molecular formula is C28H29N3O3. The number of fused-ring (bicyclic) bond motifs is 1. The van der Waals surface area contributed by atoms with Gasteiger partial charge in [-0.25, -0.2) is 4.98 Å². The molecule has 1 aliphatic rings. The predicted octanol–water partition coefficient (Wildman–Crippen LogP) is 5.34. The Balaban J connectivity index is 1.34. The van der Waals surface area contributed by atoms with E-state index in [2.05, 4.69) is 29.7 Å². The van der Waals surface area contributed by atoms with Crippen molar-refractivity contribution in [2.75, 3.05) is 25.2 Å². The van der Waals surface area contributed by atoms with Crippen molar-refractivity contribution in [2.24, 2.45) is 0 Å². The number of imidazole rings is 1. The number of nitrogens with zero attached hydrogens (tertiary/aromatic N) is 3. The molecule has 1 amide bonds. The number of ether oxygens (including phenoxy) is 2. The van der Waals surface area contributed by atoms with Crippen LogP contribution in [0.1, 0.15) is 30.1 Å². The average molecular weight is 456 g/mol. The molecule has 0 unspecified atom stereocenters. The van der Waals surface area contributed by atoms with E-state index >= 15 is 0 Å². The summed E-state index contributed by atoms with van der Waals surface area (Å²) in [5, 5.41) is 0. The van der Waals surface area contributed by atoms with E-state index in [1.807, 2.05) is 59.5 Å². The fourth-order valence-electron chi connectivity index (χ4n) is 4.60. The van der Waals surface area contributed by atoms with E-state index in [-0.39, 0.29) is 11.8 Å². The van der Waals surface area contributed by atoms with Gasteiger partial charge in [-0.1, -0.05) is 35.9 Å². The van der Waals surface area contributed by atoms with Crippen LogP contribution in [0.2, 0.25) is 0 Å². The lowest BCUT2D eigenvalue weighted by Crippen LogP contribution is -2.24. The second kappa shape index (κ2) is 9.59. The van der Waals surface area contributed by atoms with Gasteiger partial charge >= 0.3 is 0 Å². The van der Waals surface area contributed by atoms with Crippen molar-refractivity contribution >= 4 is 22.6 Å². The molecule has 174 valence electrons. The van der Waals surface area contributed by atoms with E-state index in [1.54, 1.807) is 7.11 Å². The Morgan fingerprint density at radius 2 is 1.82 bits per heavy atom. The number of para-hydroxylation sites is 2. The van der Waals surface area contributed by atoms with Crippen LogP contribution >= 0.6 is 0 Å². The lowest BCUT2D eigenvalue weighted by Gasteiger charge is -2.18. The van der Waals surface area contributed by atoms with Crippen LogP contribution in [0.15, 0.2) is 72.8 Å². The number of benzene rings is 3. The lowest BCUT2D eigenvalue weighted by atomic mass is 10.1. The molecule has 0 radical (unpaired) electrons. The maximum Gasteiger partial charge on any atom is 0.227 e. The van der Waals surface area contributed by atoms with E-state index < -0.39 is 0 Å². The summed E-state index contributed by atoms with van der Waals surface area (Å²) in [4.78, 5) is 19.8. The van der Waals surface area contributed by atoms with Crippen molar-refractivity contribution in [1.82, 2.24) is 9.55 Å². The molecule has 2 heterocycles. The number of hydrogen-bond acceptors (Lipinski definition) is 4. The molecule has 1 atom stereocenters. The molecule has 0 bridgehead atoms. The van der Waals surface area contributed by atoms with E-state index in [9.17, 15) is 4.79 Å². The van der Waals surface area contributed by atoms with Crippen molar-refractivity contribution in [3.05, 3.63) is 84.2 Å². The molecule has 4 aromatic rings. The Hall–Kier alpha value is -3.80. The fraction of sp³-hybridized carbons (Fsp3) is 0.286. The van der Waals surface area contributed by atoms with E-state index in [4.69, 9.17) is 14.5 Å². The summed E-state index contributed by atoms with van der Waals surface area (Å²) in [6.07, 6.45) is 1.29. The molecule has 1 saturated heterocycles. The van der Waals surface area contributed by atoms with Gasteiger partial charge in [0.1, 0.15) is 17.3 Å². The zero-order valence-electron chi connectivity index (χ0n) is 19.6. The smallest absolute Gasteiger partial charge is 0.227 e. The van der Waals surface area contributed by atoms with Crippen LogP contribution in [0.25, 0.3) is 11.0 Å². The molecule has 0 N–H and O–H groups in total. The van der Waals surface area contributed by atoms with Crippen molar-refractivity contribution in [2.45, 2.75) is 32.2 Å². The number of aromatic nitrogens is 2. The zero-order chi connectivity index (χ0) is 23.5. The largest absolute Gasteiger partial charge is 0.497 e. The van der Waals surface area contributed by atoms with Crippen LogP contribution in [-0.4, -0.2) is 35.7 Å². The Morgan fingerprint density at radius 3 is 2.65 bits per heavy atom. The summed E-state index contributed by atoms with van der Waals surface area (Å²) >= 11 is 0. The maximum absolute atomic E-state index is 13.0. The first kappa shape index (κ1) is 22.0. The van der Waals surface area contributed by atoms with Crippen molar-refractivity contribution < 1.29 is 14.3 Å². The molecule has 1 aromatic heterocycles. The molecule has 6 heteroatoms. The third kappa shape index (κ3) is 4.49. The third-order valence-corrected chi connectivity index (χ3v) is 6.36. The van der Waals surface area contributed by atoms with Gasteiger partial charge in [-0.3, -0.25) is 4.79 Å². The fourth-order valence-corrected chi connectivity index (χ4v) is 4.60. The van der Waals surface area contributed by atoms with Gasteiger partial charge in [0.2, 0.25) is 5.91 Å². The molecule has 5 rings (SSSR count). The highest BCUT2D eigenvalue weighted by Gasteiger charge is 2.35. The lowest BCUT2D eigenvalue weighted by molar-refractivity contribution is -0.117. The number of rotatable bonds is 8. The van der Waals surface area contributed by atoms with E-state index in [0.717, 1.165) is 47.0 Å². The van der Waals surface area contributed by atoms with Crippen molar-refractivity contribution in [3.8, 4) is 11.5 Å². The van der Waals surface area contributed by atoms with Crippen LogP contribution in [0, 0.1) is 6.92 Å². The minimum absolute atomic E-state index is 0.0316.